The molecule has 72 valence electrons. The summed E-state index contributed by atoms with van der Waals surface area (Å²) in [6, 6.07) is 3.16. The maximum absolute atomic E-state index is 12.6. The number of hydrogen-bond acceptors (Lipinski definition) is 1. The highest BCUT2D eigenvalue weighted by atomic mass is 19.2. The maximum atomic E-state index is 12.6. The summed E-state index contributed by atoms with van der Waals surface area (Å²) in [6.45, 7) is -0.612. The Morgan fingerprint density at radius 1 is 1.23 bits per heavy atom. The predicted octanol–water partition coefficient (Wildman–Crippen LogP) is 1.84. The molecule has 0 spiro atoms. The van der Waals surface area contributed by atoms with Gasteiger partial charge in [0, 0.05) is 6.42 Å². The van der Waals surface area contributed by atoms with Gasteiger partial charge in [-0.15, -0.1) is 0 Å². The van der Waals surface area contributed by atoms with Crippen LogP contribution in [0.3, 0.4) is 0 Å². The van der Waals surface area contributed by atoms with E-state index in [0.717, 1.165) is 12.1 Å². The summed E-state index contributed by atoms with van der Waals surface area (Å²) in [7, 11) is 0. The van der Waals surface area contributed by atoms with Crippen molar-refractivity contribution in [1.29, 1.82) is 0 Å². The van der Waals surface area contributed by atoms with Crippen LogP contribution in [0.5, 0.6) is 0 Å². The molecule has 1 nitrogen and oxygen atoms in total. The number of rotatable bonds is 3. The first-order valence-electron chi connectivity index (χ1n) is 3.82. The Balaban J connectivity index is 2.73. The van der Waals surface area contributed by atoms with E-state index in [0.29, 0.717) is 5.56 Å². The zero-order chi connectivity index (χ0) is 9.84. The molecule has 0 unspecified atom stereocenters. The first-order valence-corrected chi connectivity index (χ1v) is 3.82. The van der Waals surface area contributed by atoms with Crippen LogP contribution < -0.4 is 0 Å². The van der Waals surface area contributed by atoms with Gasteiger partial charge in [0.15, 0.2) is 11.6 Å². The molecule has 0 heterocycles. The van der Waals surface area contributed by atoms with Gasteiger partial charge in [-0.25, -0.2) is 13.2 Å². The van der Waals surface area contributed by atoms with Crippen molar-refractivity contribution < 1.29 is 18.3 Å². The van der Waals surface area contributed by atoms with Crippen molar-refractivity contribution in [3.05, 3.63) is 35.4 Å². The lowest BCUT2D eigenvalue weighted by Gasteiger charge is -2.04. The molecule has 13 heavy (non-hydrogen) atoms. The summed E-state index contributed by atoms with van der Waals surface area (Å²) in [5.74, 6) is -1.95. The summed E-state index contributed by atoms with van der Waals surface area (Å²) < 4.78 is 37.6. The molecule has 4 heteroatoms. The van der Waals surface area contributed by atoms with Gasteiger partial charge in [0.25, 0.3) is 0 Å². The molecule has 1 atom stereocenters. The number of aliphatic hydroxyl groups excluding tert-OH is 1. The second kappa shape index (κ2) is 4.28. The Morgan fingerprint density at radius 2 is 1.92 bits per heavy atom. The maximum Gasteiger partial charge on any atom is 0.159 e. The molecule has 1 rings (SSSR count). The van der Waals surface area contributed by atoms with Crippen molar-refractivity contribution >= 4 is 0 Å². The van der Waals surface area contributed by atoms with Crippen molar-refractivity contribution in [1.82, 2.24) is 0 Å². The third-order valence-corrected chi connectivity index (χ3v) is 1.64. The fourth-order valence-electron chi connectivity index (χ4n) is 0.987. The van der Waals surface area contributed by atoms with E-state index in [4.69, 9.17) is 5.11 Å². The molecule has 0 aliphatic carbocycles. The van der Waals surface area contributed by atoms with Crippen LogP contribution in [0.15, 0.2) is 18.2 Å². The number of alkyl halides is 1. The third-order valence-electron chi connectivity index (χ3n) is 1.64. The molecule has 1 N–H and O–H groups in total. The molecule has 1 aromatic rings. The number of halogens is 3. The van der Waals surface area contributed by atoms with Crippen molar-refractivity contribution in [3.8, 4) is 0 Å². The van der Waals surface area contributed by atoms with Crippen LogP contribution in [0.1, 0.15) is 5.56 Å². The first-order chi connectivity index (χ1) is 6.13. The Labute approximate surface area is 73.8 Å². The van der Waals surface area contributed by atoms with Crippen molar-refractivity contribution in [2.75, 3.05) is 6.61 Å². The quantitative estimate of drug-likeness (QED) is 0.771. The van der Waals surface area contributed by atoms with Gasteiger partial charge in [0.05, 0.1) is 6.61 Å². The van der Waals surface area contributed by atoms with Crippen LogP contribution in [0.4, 0.5) is 13.2 Å². The van der Waals surface area contributed by atoms with Crippen LogP contribution in [0, 0.1) is 11.6 Å². The van der Waals surface area contributed by atoms with Gasteiger partial charge in [0.2, 0.25) is 0 Å². The van der Waals surface area contributed by atoms with E-state index < -0.39 is 24.4 Å². The highest BCUT2D eigenvalue weighted by molar-refractivity contribution is 5.18. The van der Waals surface area contributed by atoms with Crippen molar-refractivity contribution in [3.63, 3.8) is 0 Å². The molecular weight excluding hydrogens is 181 g/mol. The van der Waals surface area contributed by atoms with E-state index in [1.807, 2.05) is 0 Å². The Bertz CT molecular complexity index is 288. The van der Waals surface area contributed by atoms with Crippen LogP contribution >= 0.6 is 0 Å². The average Bonchev–Trinajstić information content (AvgIpc) is 2.11. The SMILES string of the molecule is OC[C@H](F)Cc1ccc(F)c(F)c1. The van der Waals surface area contributed by atoms with Crippen LogP contribution in [-0.4, -0.2) is 17.9 Å². The molecule has 0 saturated heterocycles. The fraction of sp³-hybridized carbons (Fsp3) is 0.333. The van der Waals surface area contributed by atoms with Gasteiger partial charge in [-0.3, -0.25) is 0 Å². The van der Waals surface area contributed by atoms with Gasteiger partial charge >= 0.3 is 0 Å². The van der Waals surface area contributed by atoms with Crippen molar-refractivity contribution in [2.24, 2.45) is 0 Å². The van der Waals surface area contributed by atoms with E-state index in [9.17, 15) is 13.2 Å². The lowest BCUT2D eigenvalue weighted by atomic mass is 10.1. The largest absolute Gasteiger partial charge is 0.393 e. The molecular formula is C9H9F3O. The summed E-state index contributed by atoms with van der Waals surface area (Å²) >= 11 is 0. The summed E-state index contributed by atoms with van der Waals surface area (Å²) in [6.07, 6.45) is -1.53. The van der Waals surface area contributed by atoms with Gasteiger partial charge in [0.1, 0.15) is 6.17 Å². The smallest absolute Gasteiger partial charge is 0.159 e. The minimum atomic E-state index is -1.43. The van der Waals surface area contributed by atoms with Crippen LogP contribution in [-0.2, 0) is 6.42 Å². The standard InChI is InChI=1S/C9H9F3O/c10-7(5-13)3-6-1-2-8(11)9(12)4-6/h1-2,4,7,13H,3,5H2/t7-/m1/s1. The second-order valence-electron chi connectivity index (χ2n) is 2.73. The summed E-state index contributed by atoms with van der Waals surface area (Å²) in [5, 5.41) is 8.38. The number of hydrogen-bond donors (Lipinski definition) is 1. The molecule has 0 fully saturated rings. The monoisotopic (exact) mass is 190 g/mol. The van der Waals surface area contributed by atoms with Crippen LogP contribution in [0.25, 0.3) is 0 Å². The highest BCUT2D eigenvalue weighted by Gasteiger charge is 2.08. The van der Waals surface area contributed by atoms with E-state index in [1.165, 1.54) is 6.07 Å². The number of benzene rings is 1. The predicted molar refractivity (Wildman–Crippen MR) is 42.0 cm³/mol. The molecule has 0 aliphatic rings. The second-order valence-corrected chi connectivity index (χ2v) is 2.73. The Morgan fingerprint density at radius 3 is 2.46 bits per heavy atom. The minimum Gasteiger partial charge on any atom is -0.393 e. The lowest BCUT2D eigenvalue weighted by Crippen LogP contribution is -2.09. The van der Waals surface area contributed by atoms with E-state index in [-0.39, 0.29) is 6.42 Å². The third kappa shape index (κ3) is 2.73. The van der Waals surface area contributed by atoms with E-state index >= 15 is 0 Å². The van der Waals surface area contributed by atoms with Gasteiger partial charge < -0.3 is 5.11 Å². The topological polar surface area (TPSA) is 20.2 Å². The minimum absolute atomic E-state index is 0.103. The van der Waals surface area contributed by atoms with Gasteiger partial charge in [-0.1, -0.05) is 6.07 Å². The normalized spacial score (nSPS) is 12.9. The molecule has 0 aromatic heterocycles. The average molecular weight is 190 g/mol. The zero-order valence-electron chi connectivity index (χ0n) is 6.80. The molecule has 0 radical (unpaired) electrons. The molecule has 1 aromatic carbocycles. The van der Waals surface area contributed by atoms with Gasteiger partial charge in [-0.05, 0) is 17.7 Å². The fourth-order valence-corrected chi connectivity index (χ4v) is 0.987. The molecule has 0 saturated carbocycles. The highest BCUT2D eigenvalue weighted by Crippen LogP contribution is 2.11. The van der Waals surface area contributed by atoms with Gasteiger partial charge in [-0.2, -0.15) is 0 Å². The molecule has 0 aliphatic heterocycles. The zero-order valence-corrected chi connectivity index (χ0v) is 6.80. The Hall–Kier alpha value is -1.03. The summed E-state index contributed by atoms with van der Waals surface area (Å²) in [5.41, 5.74) is 0.334. The first kappa shape index (κ1) is 10.1. The summed E-state index contributed by atoms with van der Waals surface area (Å²) in [4.78, 5) is 0. The van der Waals surface area contributed by atoms with Crippen LogP contribution in [0.2, 0.25) is 0 Å². The van der Waals surface area contributed by atoms with E-state index in [2.05, 4.69) is 0 Å². The Kier molecular flexibility index (Phi) is 3.31. The van der Waals surface area contributed by atoms with Crippen molar-refractivity contribution in [2.45, 2.75) is 12.6 Å². The number of aliphatic hydroxyl groups is 1. The van der Waals surface area contributed by atoms with E-state index in [1.54, 1.807) is 0 Å². The lowest BCUT2D eigenvalue weighted by molar-refractivity contribution is 0.177. The molecule has 0 amide bonds. The molecule has 0 bridgehead atoms.